The van der Waals surface area contributed by atoms with E-state index in [9.17, 15) is 9.59 Å². The van der Waals surface area contributed by atoms with E-state index in [-0.39, 0.29) is 29.3 Å². The van der Waals surface area contributed by atoms with E-state index in [0.29, 0.717) is 12.4 Å². The predicted octanol–water partition coefficient (Wildman–Crippen LogP) is 2.49. The Bertz CT molecular complexity index is 899. The van der Waals surface area contributed by atoms with E-state index in [2.05, 4.69) is 5.32 Å². The van der Waals surface area contributed by atoms with Crippen LogP contribution in [0.15, 0.2) is 70.2 Å². The number of benzene rings is 1. The van der Waals surface area contributed by atoms with Gasteiger partial charge in [-0.3, -0.25) is 9.59 Å². The summed E-state index contributed by atoms with van der Waals surface area (Å²) >= 11 is 0. The predicted molar refractivity (Wildman–Crippen MR) is 92.3 cm³/mol. The summed E-state index contributed by atoms with van der Waals surface area (Å²) in [6, 6.07) is 14.3. The monoisotopic (exact) mass is 338 g/mol. The number of nitrogens with zero attached hydrogens (tertiary/aromatic N) is 1. The van der Waals surface area contributed by atoms with Crippen molar-refractivity contribution >= 4 is 5.91 Å². The number of hydrogen-bond acceptors (Lipinski definition) is 4. The summed E-state index contributed by atoms with van der Waals surface area (Å²) in [5.74, 6) is 0.487. The number of carbonyl (C=O) groups is 1. The molecule has 0 spiro atoms. The molecule has 3 rings (SSSR count). The molecule has 0 bridgehead atoms. The standard InChI is InChI=1S/C19H18N2O4/c1-21-12-18(25-13-14-6-3-2-4-7-14)17(22)10-16(21)19(23)20-11-15-8-5-9-24-15/h2-10,12H,11,13H2,1H3,(H,20,23). The summed E-state index contributed by atoms with van der Waals surface area (Å²) in [6.45, 7) is 0.548. The summed E-state index contributed by atoms with van der Waals surface area (Å²) in [6.07, 6.45) is 3.06. The van der Waals surface area contributed by atoms with Crippen LogP contribution in [0.25, 0.3) is 0 Å². The third kappa shape index (κ3) is 4.17. The SMILES string of the molecule is Cn1cc(OCc2ccccc2)c(=O)cc1C(=O)NCc1ccco1. The second kappa shape index (κ2) is 7.53. The molecule has 2 heterocycles. The van der Waals surface area contributed by atoms with Crippen molar-refractivity contribution in [3.05, 3.63) is 88.2 Å². The minimum absolute atomic E-state index is 0.203. The number of aromatic nitrogens is 1. The van der Waals surface area contributed by atoms with Gasteiger partial charge in [-0.1, -0.05) is 30.3 Å². The fraction of sp³-hybridized carbons (Fsp3) is 0.158. The molecule has 2 aromatic heterocycles. The maximum Gasteiger partial charge on any atom is 0.268 e. The summed E-state index contributed by atoms with van der Waals surface area (Å²) < 4.78 is 12.3. The molecular formula is C19H18N2O4. The Kier molecular flexibility index (Phi) is 4.99. The minimum atomic E-state index is -0.356. The van der Waals surface area contributed by atoms with Crippen LogP contribution in [0, 0.1) is 0 Å². The summed E-state index contributed by atoms with van der Waals surface area (Å²) in [5.41, 5.74) is 0.880. The van der Waals surface area contributed by atoms with Crippen molar-refractivity contribution in [3.8, 4) is 5.75 Å². The number of furan rings is 1. The highest BCUT2D eigenvalue weighted by Gasteiger charge is 2.13. The van der Waals surface area contributed by atoms with Gasteiger partial charge in [-0.05, 0) is 17.7 Å². The molecule has 0 saturated heterocycles. The summed E-state index contributed by atoms with van der Waals surface area (Å²) in [4.78, 5) is 24.5. The number of aryl methyl sites for hydroxylation is 1. The van der Waals surface area contributed by atoms with Crippen LogP contribution in [0.5, 0.6) is 5.75 Å². The van der Waals surface area contributed by atoms with Crippen LogP contribution >= 0.6 is 0 Å². The number of ether oxygens (including phenoxy) is 1. The molecule has 0 radical (unpaired) electrons. The molecule has 3 aromatic rings. The molecule has 25 heavy (non-hydrogen) atoms. The molecule has 0 saturated carbocycles. The number of nitrogens with one attached hydrogen (secondary N) is 1. The lowest BCUT2D eigenvalue weighted by molar-refractivity contribution is 0.0938. The zero-order valence-electron chi connectivity index (χ0n) is 13.8. The van der Waals surface area contributed by atoms with Crippen LogP contribution in [0.3, 0.4) is 0 Å². The van der Waals surface area contributed by atoms with Crippen molar-refractivity contribution in [2.24, 2.45) is 7.05 Å². The van der Waals surface area contributed by atoms with Crippen molar-refractivity contribution in [2.45, 2.75) is 13.2 Å². The third-order valence-electron chi connectivity index (χ3n) is 3.67. The van der Waals surface area contributed by atoms with Crippen LogP contribution in [-0.2, 0) is 20.2 Å². The Balaban J connectivity index is 1.69. The molecular weight excluding hydrogens is 320 g/mol. The van der Waals surface area contributed by atoms with Crippen LogP contribution < -0.4 is 15.5 Å². The van der Waals surface area contributed by atoms with Gasteiger partial charge in [-0.2, -0.15) is 0 Å². The Morgan fingerprint density at radius 1 is 1.20 bits per heavy atom. The number of amides is 1. The van der Waals surface area contributed by atoms with Crippen LogP contribution in [0.1, 0.15) is 21.8 Å². The lowest BCUT2D eigenvalue weighted by Gasteiger charge is -2.11. The minimum Gasteiger partial charge on any atom is -0.483 e. The van der Waals surface area contributed by atoms with E-state index in [1.54, 1.807) is 23.7 Å². The molecule has 128 valence electrons. The van der Waals surface area contributed by atoms with E-state index >= 15 is 0 Å². The fourth-order valence-electron chi connectivity index (χ4n) is 2.35. The van der Waals surface area contributed by atoms with Gasteiger partial charge in [-0.25, -0.2) is 0 Å². The van der Waals surface area contributed by atoms with Gasteiger partial charge >= 0.3 is 0 Å². The van der Waals surface area contributed by atoms with Gasteiger partial charge in [0.05, 0.1) is 19.0 Å². The highest BCUT2D eigenvalue weighted by atomic mass is 16.5. The Hall–Kier alpha value is -3.28. The molecule has 1 aromatic carbocycles. The number of pyridine rings is 1. The van der Waals surface area contributed by atoms with E-state index in [4.69, 9.17) is 9.15 Å². The molecule has 0 aliphatic rings. The maximum absolute atomic E-state index is 12.3. The molecule has 6 nitrogen and oxygen atoms in total. The Labute approximate surface area is 144 Å². The van der Waals surface area contributed by atoms with Crippen molar-refractivity contribution in [2.75, 3.05) is 0 Å². The second-order valence-corrected chi connectivity index (χ2v) is 5.53. The summed E-state index contributed by atoms with van der Waals surface area (Å²) in [5, 5.41) is 2.71. The first-order valence-electron chi connectivity index (χ1n) is 7.81. The zero-order chi connectivity index (χ0) is 17.6. The Morgan fingerprint density at radius 2 is 2.00 bits per heavy atom. The first kappa shape index (κ1) is 16.6. The van der Waals surface area contributed by atoms with E-state index in [1.165, 1.54) is 18.5 Å². The van der Waals surface area contributed by atoms with Gasteiger partial charge in [0.2, 0.25) is 5.43 Å². The number of rotatable bonds is 6. The molecule has 0 fully saturated rings. The molecule has 0 atom stereocenters. The quantitative estimate of drug-likeness (QED) is 0.749. The first-order valence-corrected chi connectivity index (χ1v) is 7.81. The lowest BCUT2D eigenvalue weighted by Crippen LogP contribution is -2.27. The van der Waals surface area contributed by atoms with Crippen LogP contribution in [0.4, 0.5) is 0 Å². The molecule has 1 N–H and O–H groups in total. The van der Waals surface area contributed by atoms with Crippen molar-refractivity contribution in [1.82, 2.24) is 9.88 Å². The average molecular weight is 338 g/mol. The van der Waals surface area contributed by atoms with Crippen LogP contribution in [-0.4, -0.2) is 10.5 Å². The highest BCUT2D eigenvalue weighted by Crippen LogP contribution is 2.09. The van der Waals surface area contributed by atoms with E-state index in [1.807, 2.05) is 30.3 Å². The van der Waals surface area contributed by atoms with Crippen LogP contribution in [0.2, 0.25) is 0 Å². The van der Waals surface area contributed by atoms with Gasteiger partial charge in [-0.15, -0.1) is 0 Å². The fourth-order valence-corrected chi connectivity index (χ4v) is 2.35. The molecule has 1 amide bonds. The molecule has 0 unspecified atom stereocenters. The van der Waals surface area contributed by atoms with Crippen molar-refractivity contribution < 1.29 is 13.9 Å². The third-order valence-corrected chi connectivity index (χ3v) is 3.67. The van der Waals surface area contributed by atoms with E-state index in [0.717, 1.165) is 5.56 Å². The molecule has 6 heteroatoms. The summed E-state index contributed by atoms with van der Waals surface area (Å²) in [7, 11) is 1.69. The zero-order valence-corrected chi connectivity index (χ0v) is 13.8. The maximum atomic E-state index is 12.3. The average Bonchev–Trinajstić information content (AvgIpc) is 3.14. The van der Waals surface area contributed by atoms with Gasteiger partial charge in [0.15, 0.2) is 5.75 Å². The van der Waals surface area contributed by atoms with Gasteiger partial charge in [0.1, 0.15) is 18.1 Å². The normalized spacial score (nSPS) is 10.4. The molecule has 0 aliphatic carbocycles. The highest BCUT2D eigenvalue weighted by molar-refractivity contribution is 5.92. The van der Waals surface area contributed by atoms with Crippen molar-refractivity contribution in [1.29, 1.82) is 0 Å². The number of hydrogen-bond donors (Lipinski definition) is 1. The lowest BCUT2D eigenvalue weighted by atomic mass is 10.2. The molecule has 0 aliphatic heterocycles. The smallest absolute Gasteiger partial charge is 0.268 e. The number of carbonyl (C=O) groups excluding carboxylic acids is 1. The second-order valence-electron chi connectivity index (χ2n) is 5.53. The van der Waals surface area contributed by atoms with Gasteiger partial charge in [0.25, 0.3) is 5.91 Å². The first-order chi connectivity index (χ1) is 12.1. The Morgan fingerprint density at radius 3 is 2.72 bits per heavy atom. The van der Waals surface area contributed by atoms with Crippen molar-refractivity contribution in [3.63, 3.8) is 0 Å². The van der Waals surface area contributed by atoms with Gasteiger partial charge in [0, 0.05) is 13.1 Å². The van der Waals surface area contributed by atoms with Gasteiger partial charge < -0.3 is 19.0 Å². The largest absolute Gasteiger partial charge is 0.483 e. The van der Waals surface area contributed by atoms with E-state index < -0.39 is 0 Å². The topological polar surface area (TPSA) is 73.5 Å².